The number of H-pyrrole nitrogens is 1. The minimum atomic E-state index is 0.0588. The number of para-hydroxylation sites is 3. The molecular weight excluding hydrogens is 340 g/mol. The van der Waals surface area contributed by atoms with E-state index in [1.807, 2.05) is 72.8 Å². The Hall–Kier alpha value is -3.73. The van der Waals surface area contributed by atoms with E-state index < -0.39 is 0 Å². The van der Waals surface area contributed by atoms with Crippen LogP contribution >= 0.6 is 0 Å². The van der Waals surface area contributed by atoms with Crippen LogP contribution in [0.15, 0.2) is 77.8 Å². The van der Waals surface area contributed by atoms with Crippen LogP contribution in [0.5, 0.6) is 23.1 Å². The molecule has 5 nitrogen and oxygen atoms in total. The standard InChI is InChI=1S/C22H18N2O3/c1-26-16-11-12-19-17(13-16)18(22(25)24-19)14-23-20-9-5-6-10-21(20)27-15-7-3-2-4-8-15/h2-14,24-25H,1H3. The molecular formula is C22H18N2O3. The highest BCUT2D eigenvalue weighted by Gasteiger charge is 2.10. The lowest BCUT2D eigenvalue weighted by atomic mass is 10.1. The second-order valence-electron chi connectivity index (χ2n) is 5.94. The fourth-order valence-corrected chi connectivity index (χ4v) is 2.84. The van der Waals surface area contributed by atoms with Gasteiger partial charge in [-0.1, -0.05) is 30.3 Å². The third-order valence-corrected chi connectivity index (χ3v) is 4.19. The molecule has 1 aromatic heterocycles. The Morgan fingerprint density at radius 1 is 0.926 bits per heavy atom. The van der Waals surface area contributed by atoms with E-state index in [0.717, 1.165) is 16.7 Å². The molecule has 4 aromatic rings. The van der Waals surface area contributed by atoms with Crippen molar-refractivity contribution in [2.24, 2.45) is 4.99 Å². The molecule has 0 aliphatic carbocycles. The highest BCUT2D eigenvalue weighted by molar-refractivity contribution is 6.03. The van der Waals surface area contributed by atoms with E-state index in [1.54, 1.807) is 13.3 Å². The van der Waals surface area contributed by atoms with Crippen LogP contribution < -0.4 is 9.47 Å². The van der Waals surface area contributed by atoms with Gasteiger partial charge in [-0.25, -0.2) is 0 Å². The molecule has 2 N–H and O–H groups in total. The van der Waals surface area contributed by atoms with Gasteiger partial charge in [0, 0.05) is 17.1 Å². The quantitative estimate of drug-likeness (QED) is 0.468. The first-order valence-electron chi connectivity index (χ1n) is 8.49. The van der Waals surface area contributed by atoms with Gasteiger partial charge in [0.25, 0.3) is 0 Å². The Labute approximate surface area is 156 Å². The molecule has 0 fully saturated rings. The summed E-state index contributed by atoms with van der Waals surface area (Å²) in [5.41, 5.74) is 2.07. The molecule has 0 aliphatic rings. The van der Waals surface area contributed by atoms with Gasteiger partial charge >= 0.3 is 0 Å². The summed E-state index contributed by atoms with van der Waals surface area (Å²) in [7, 11) is 1.61. The van der Waals surface area contributed by atoms with Crippen LogP contribution in [-0.4, -0.2) is 23.4 Å². The molecule has 0 atom stereocenters. The van der Waals surface area contributed by atoms with Crippen molar-refractivity contribution in [1.82, 2.24) is 4.98 Å². The smallest absolute Gasteiger partial charge is 0.198 e. The van der Waals surface area contributed by atoms with Crippen molar-refractivity contribution >= 4 is 22.8 Å². The summed E-state index contributed by atoms with van der Waals surface area (Å²) < 4.78 is 11.2. The fourth-order valence-electron chi connectivity index (χ4n) is 2.84. The number of benzene rings is 3. The van der Waals surface area contributed by atoms with Gasteiger partial charge in [0.1, 0.15) is 17.2 Å². The van der Waals surface area contributed by atoms with Crippen LogP contribution in [-0.2, 0) is 0 Å². The van der Waals surface area contributed by atoms with Crippen molar-refractivity contribution in [3.8, 4) is 23.1 Å². The highest BCUT2D eigenvalue weighted by atomic mass is 16.5. The number of aromatic hydroxyl groups is 1. The maximum atomic E-state index is 10.3. The normalized spacial score (nSPS) is 11.1. The molecule has 0 radical (unpaired) electrons. The number of fused-ring (bicyclic) bond motifs is 1. The van der Waals surface area contributed by atoms with Gasteiger partial charge in [0.2, 0.25) is 0 Å². The number of hydrogen-bond donors (Lipinski definition) is 2. The largest absolute Gasteiger partial charge is 0.497 e. The monoisotopic (exact) mass is 358 g/mol. The van der Waals surface area contributed by atoms with Gasteiger partial charge in [-0.15, -0.1) is 0 Å². The molecule has 4 rings (SSSR count). The van der Waals surface area contributed by atoms with Crippen molar-refractivity contribution < 1.29 is 14.6 Å². The number of aliphatic imine (C=N–C) groups is 1. The molecule has 3 aromatic carbocycles. The lowest BCUT2D eigenvalue weighted by molar-refractivity contribution is 0.415. The molecule has 0 amide bonds. The number of aromatic nitrogens is 1. The number of aromatic amines is 1. The lowest BCUT2D eigenvalue weighted by Gasteiger charge is -2.07. The summed E-state index contributed by atoms with van der Waals surface area (Å²) in [6.45, 7) is 0. The second-order valence-corrected chi connectivity index (χ2v) is 5.94. The number of nitrogens with one attached hydrogen (secondary N) is 1. The molecule has 0 aliphatic heterocycles. The first kappa shape index (κ1) is 16.7. The van der Waals surface area contributed by atoms with Crippen molar-refractivity contribution in [2.45, 2.75) is 0 Å². The van der Waals surface area contributed by atoms with Crippen molar-refractivity contribution in [2.75, 3.05) is 7.11 Å². The van der Waals surface area contributed by atoms with Crippen molar-refractivity contribution in [1.29, 1.82) is 0 Å². The average molecular weight is 358 g/mol. The van der Waals surface area contributed by atoms with Gasteiger partial charge in [-0.2, -0.15) is 0 Å². The maximum Gasteiger partial charge on any atom is 0.198 e. The van der Waals surface area contributed by atoms with Gasteiger partial charge in [-0.05, 0) is 42.5 Å². The van der Waals surface area contributed by atoms with Crippen LogP contribution in [0.25, 0.3) is 10.9 Å². The zero-order valence-electron chi connectivity index (χ0n) is 14.7. The first-order valence-corrected chi connectivity index (χ1v) is 8.49. The Morgan fingerprint density at radius 2 is 1.70 bits per heavy atom. The number of methoxy groups -OCH3 is 1. The number of ether oxygens (including phenoxy) is 2. The average Bonchev–Trinajstić information content (AvgIpc) is 3.02. The van der Waals surface area contributed by atoms with E-state index in [-0.39, 0.29) is 5.88 Å². The van der Waals surface area contributed by atoms with E-state index in [4.69, 9.17) is 9.47 Å². The Morgan fingerprint density at radius 3 is 2.52 bits per heavy atom. The molecule has 0 bridgehead atoms. The van der Waals surface area contributed by atoms with Crippen LogP contribution in [0, 0.1) is 0 Å². The van der Waals surface area contributed by atoms with E-state index in [9.17, 15) is 5.11 Å². The Balaban J connectivity index is 1.70. The minimum absolute atomic E-state index is 0.0588. The number of hydrogen-bond acceptors (Lipinski definition) is 4. The lowest BCUT2D eigenvalue weighted by Crippen LogP contribution is -1.86. The van der Waals surface area contributed by atoms with Gasteiger partial charge < -0.3 is 19.6 Å². The van der Waals surface area contributed by atoms with Gasteiger partial charge in [-0.3, -0.25) is 4.99 Å². The summed E-state index contributed by atoms with van der Waals surface area (Å²) in [6.07, 6.45) is 1.63. The summed E-state index contributed by atoms with van der Waals surface area (Å²) >= 11 is 0. The minimum Gasteiger partial charge on any atom is -0.497 e. The predicted octanol–water partition coefficient (Wildman–Crippen LogP) is 5.43. The molecule has 134 valence electrons. The van der Waals surface area contributed by atoms with Crippen LogP contribution in [0.1, 0.15) is 5.56 Å². The second kappa shape index (κ2) is 7.25. The third-order valence-electron chi connectivity index (χ3n) is 4.19. The molecule has 1 heterocycles. The maximum absolute atomic E-state index is 10.3. The zero-order valence-corrected chi connectivity index (χ0v) is 14.7. The van der Waals surface area contributed by atoms with Crippen LogP contribution in [0.4, 0.5) is 5.69 Å². The third kappa shape index (κ3) is 3.48. The predicted molar refractivity (Wildman–Crippen MR) is 107 cm³/mol. The highest BCUT2D eigenvalue weighted by Crippen LogP contribution is 2.33. The molecule has 5 heteroatoms. The van der Waals surface area contributed by atoms with Crippen molar-refractivity contribution in [3.63, 3.8) is 0 Å². The number of rotatable bonds is 5. The first-order chi connectivity index (χ1) is 13.2. The molecule has 27 heavy (non-hydrogen) atoms. The van der Waals surface area contributed by atoms with E-state index in [2.05, 4.69) is 9.98 Å². The summed E-state index contributed by atoms with van der Waals surface area (Å²) in [5, 5.41) is 11.1. The molecule has 0 saturated heterocycles. The fraction of sp³-hybridized carbons (Fsp3) is 0.0455. The number of nitrogens with zero attached hydrogens (tertiary/aromatic N) is 1. The van der Waals surface area contributed by atoms with Crippen LogP contribution in [0.2, 0.25) is 0 Å². The Kier molecular flexibility index (Phi) is 4.49. The van der Waals surface area contributed by atoms with Crippen LogP contribution in [0.3, 0.4) is 0 Å². The van der Waals surface area contributed by atoms with Gasteiger partial charge in [0.05, 0.1) is 12.7 Å². The SMILES string of the molecule is COc1ccc2[nH]c(O)c(C=Nc3ccccc3Oc3ccccc3)c2c1. The molecule has 0 spiro atoms. The summed E-state index contributed by atoms with van der Waals surface area (Å²) in [5.74, 6) is 2.14. The molecule has 0 unspecified atom stereocenters. The Bertz CT molecular complexity index is 1100. The molecule has 0 saturated carbocycles. The van der Waals surface area contributed by atoms with E-state index in [0.29, 0.717) is 22.7 Å². The van der Waals surface area contributed by atoms with Gasteiger partial charge in [0.15, 0.2) is 11.6 Å². The van der Waals surface area contributed by atoms with E-state index in [1.165, 1.54) is 0 Å². The van der Waals surface area contributed by atoms with E-state index >= 15 is 0 Å². The zero-order chi connectivity index (χ0) is 18.6. The van der Waals surface area contributed by atoms with Crippen molar-refractivity contribution in [3.05, 3.63) is 78.4 Å². The summed E-state index contributed by atoms with van der Waals surface area (Å²) in [4.78, 5) is 7.49. The topological polar surface area (TPSA) is 66.8 Å². The summed E-state index contributed by atoms with van der Waals surface area (Å²) in [6, 6.07) is 22.6.